The van der Waals surface area contributed by atoms with Gasteiger partial charge in [-0.25, -0.2) is 9.40 Å². The fourth-order valence-corrected chi connectivity index (χ4v) is 6.36. The van der Waals surface area contributed by atoms with Crippen LogP contribution in [0.15, 0.2) is 65.8 Å². The van der Waals surface area contributed by atoms with Crippen LogP contribution in [0.3, 0.4) is 0 Å². The van der Waals surface area contributed by atoms with Crippen molar-refractivity contribution < 1.29 is 18.8 Å². The maximum absolute atomic E-state index is 13.7. The Morgan fingerprint density at radius 2 is 1.52 bits per heavy atom. The van der Waals surface area contributed by atoms with Crippen molar-refractivity contribution in [3.63, 3.8) is 0 Å². The molecule has 5 rings (SSSR count). The molecule has 42 heavy (non-hydrogen) atoms. The van der Waals surface area contributed by atoms with E-state index in [9.17, 15) is 18.8 Å². The number of anilines is 1. The number of rotatable bonds is 12. The Hall–Kier alpha value is -4.37. The summed E-state index contributed by atoms with van der Waals surface area (Å²) < 4.78 is 13.7. The largest absolute Gasteiger partial charge is 0.355 e. The average Bonchev–Trinajstić information content (AvgIpc) is 3.32. The fraction of sp³-hybridized carbons (Fsp3) is 0.333. The number of halogens is 1. The van der Waals surface area contributed by atoms with Gasteiger partial charge in [0.05, 0.1) is 23.2 Å². The highest BCUT2D eigenvalue weighted by Gasteiger charge is 2.47. The van der Waals surface area contributed by atoms with E-state index in [0.29, 0.717) is 38.0 Å². The van der Waals surface area contributed by atoms with Crippen molar-refractivity contribution in [2.24, 2.45) is 10.8 Å². The Morgan fingerprint density at radius 1 is 0.952 bits per heavy atom. The lowest BCUT2D eigenvalue weighted by atomic mass is 9.65. The van der Waals surface area contributed by atoms with Gasteiger partial charge in [0.1, 0.15) is 5.82 Å². The zero-order valence-corrected chi connectivity index (χ0v) is 23.7. The molecular weight excluding hydrogens is 533 g/mol. The third-order valence-electron chi connectivity index (χ3n) is 8.25. The Kier molecular flexibility index (Phi) is 8.77. The third kappa shape index (κ3) is 5.83. The zero-order chi connectivity index (χ0) is 29.7. The molecule has 1 heterocycles. The number of carbonyl (C=O) groups is 3. The average molecular weight is 570 g/mol. The van der Waals surface area contributed by atoms with Gasteiger partial charge in [-0.3, -0.25) is 14.4 Å². The van der Waals surface area contributed by atoms with Crippen LogP contribution in [0.5, 0.6) is 0 Å². The predicted molar refractivity (Wildman–Crippen MR) is 160 cm³/mol. The van der Waals surface area contributed by atoms with Crippen LogP contribution in [-0.2, 0) is 45.7 Å². The van der Waals surface area contributed by atoms with Gasteiger partial charge in [0.15, 0.2) is 0 Å². The van der Waals surface area contributed by atoms with Gasteiger partial charge in [0.2, 0.25) is 12.8 Å². The van der Waals surface area contributed by atoms with E-state index in [2.05, 4.69) is 34.9 Å². The number of nitrogens with zero attached hydrogens (tertiary/aromatic N) is 2. The van der Waals surface area contributed by atoms with Crippen molar-refractivity contribution in [3.05, 3.63) is 99.9 Å². The molecule has 1 aliphatic carbocycles. The predicted octanol–water partition coefficient (Wildman–Crippen LogP) is 4.01. The molecule has 3 amide bonds. The molecule has 0 spiro atoms. The third-order valence-corrected chi connectivity index (χ3v) is 8.25. The lowest BCUT2D eigenvalue weighted by Crippen LogP contribution is -2.38. The summed E-state index contributed by atoms with van der Waals surface area (Å²) in [6.45, 7) is 2.83. The second-order valence-electron chi connectivity index (χ2n) is 11.2. The van der Waals surface area contributed by atoms with Crippen molar-refractivity contribution in [2.75, 3.05) is 5.01 Å². The molecule has 0 saturated heterocycles. The number of hydrogen-bond donors (Lipinski definition) is 3. The molecule has 0 radical (unpaired) electrons. The molecule has 2 aliphatic rings. The minimum Gasteiger partial charge on any atom is -0.355 e. The minimum absolute atomic E-state index is 0.0169. The van der Waals surface area contributed by atoms with E-state index in [1.54, 1.807) is 12.1 Å². The van der Waals surface area contributed by atoms with Gasteiger partial charge >= 0.3 is 0 Å². The summed E-state index contributed by atoms with van der Waals surface area (Å²) in [5.41, 5.74) is 13.2. The van der Waals surface area contributed by atoms with E-state index in [1.165, 1.54) is 17.1 Å². The van der Waals surface area contributed by atoms with E-state index in [0.717, 1.165) is 64.8 Å². The van der Waals surface area contributed by atoms with E-state index in [1.807, 2.05) is 19.1 Å². The van der Waals surface area contributed by atoms with Crippen molar-refractivity contribution in [3.8, 4) is 0 Å². The van der Waals surface area contributed by atoms with Crippen LogP contribution in [0.1, 0.15) is 66.0 Å². The number of nitrogens with one attached hydrogen (secondary N) is 2. The minimum atomic E-state index is -0.715. The molecule has 218 valence electrons. The molecule has 8 nitrogen and oxygen atoms in total. The summed E-state index contributed by atoms with van der Waals surface area (Å²) in [5.74, 6) is -0.553. The number of hydrogen-bond acceptors (Lipinski definition) is 5. The number of hydrazone groups is 1. The van der Waals surface area contributed by atoms with Gasteiger partial charge in [-0.05, 0) is 90.3 Å². The van der Waals surface area contributed by atoms with Crippen LogP contribution in [0.4, 0.5) is 10.1 Å². The second kappa shape index (κ2) is 12.7. The smallest absolute Gasteiger partial charge is 0.253 e. The van der Waals surface area contributed by atoms with Gasteiger partial charge in [-0.15, -0.1) is 0 Å². The molecule has 3 aromatic rings. The maximum Gasteiger partial charge on any atom is 0.253 e. The number of carbonyl (C=O) groups excluding carboxylic acids is 3. The molecule has 4 N–H and O–H groups in total. The molecule has 3 aromatic carbocycles. The zero-order valence-electron chi connectivity index (χ0n) is 23.7. The lowest BCUT2D eigenvalue weighted by molar-refractivity contribution is -0.117. The van der Waals surface area contributed by atoms with E-state index in [-0.39, 0.29) is 24.2 Å². The molecule has 1 atom stereocenters. The second-order valence-corrected chi connectivity index (χ2v) is 11.2. The van der Waals surface area contributed by atoms with Crippen LogP contribution in [0.2, 0.25) is 0 Å². The van der Waals surface area contributed by atoms with Gasteiger partial charge in [0.25, 0.3) is 5.91 Å². The molecule has 9 heteroatoms. The van der Waals surface area contributed by atoms with Gasteiger partial charge in [0, 0.05) is 19.1 Å². The van der Waals surface area contributed by atoms with Crippen LogP contribution >= 0.6 is 0 Å². The normalized spacial score (nSPS) is 16.1. The monoisotopic (exact) mass is 569 g/mol. The summed E-state index contributed by atoms with van der Waals surface area (Å²) in [5, 5.41) is 11.9. The highest BCUT2D eigenvalue weighted by atomic mass is 19.1. The van der Waals surface area contributed by atoms with Crippen molar-refractivity contribution in [1.82, 2.24) is 10.6 Å². The first-order valence-corrected chi connectivity index (χ1v) is 14.4. The fourth-order valence-electron chi connectivity index (χ4n) is 6.36. The SMILES string of the molecule is C[C@H](N)CCCC1(C2=NN(c3ccc(F)cc3)C(=O)C2)c2ccc(CNC=O)cc2CCc2cc(CNC=O)ccc21. The Bertz CT molecular complexity index is 1440. The van der Waals surface area contributed by atoms with Gasteiger partial charge < -0.3 is 16.4 Å². The van der Waals surface area contributed by atoms with E-state index in [4.69, 9.17) is 10.8 Å². The molecule has 0 aromatic heterocycles. The standard InChI is InChI=1S/C33H36FN5O3/c1-22(35)3-2-14-33(31-17-32(42)39(38-31)28-10-8-27(34)9-11-28)29-12-4-23(18-36-20-40)15-25(29)6-7-26-16-24(19-37-21-41)5-13-30(26)33/h4-5,8-13,15-16,20-22H,2-3,6-7,14,17-19,35H2,1H3,(H,36,40)(H,37,41)/t22-/m0/s1. The van der Waals surface area contributed by atoms with Crippen LogP contribution in [0, 0.1) is 5.82 Å². The number of amides is 3. The highest BCUT2D eigenvalue weighted by Crippen LogP contribution is 2.47. The van der Waals surface area contributed by atoms with Crippen LogP contribution in [-0.4, -0.2) is 30.5 Å². The van der Waals surface area contributed by atoms with E-state index < -0.39 is 5.41 Å². The maximum atomic E-state index is 13.7. The molecular formula is C33H36FN5O3. The molecule has 0 bridgehead atoms. The van der Waals surface area contributed by atoms with Gasteiger partial charge in [-0.1, -0.05) is 42.8 Å². The Morgan fingerprint density at radius 3 is 2.05 bits per heavy atom. The summed E-state index contributed by atoms with van der Waals surface area (Å²) in [7, 11) is 0. The molecule has 0 unspecified atom stereocenters. The number of nitrogens with two attached hydrogens (primary N) is 1. The topological polar surface area (TPSA) is 117 Å². The van der Waals surface area contributed by atoms with Crippen molar-refractivity contribution in [2.45, 2.75) is 70.0 Å². The van der Waals surface area contributed by atoms with Crippen molar-refractivity contribution >= 4 is 30.1 Å². The first kappa shape index (κ1) is 29.1. The van der Waals surface area contributed by atoms with Crippen LogP contribution in [0.25, 0.3) is 0 Å². The lowest BCUT2D eigenvalue weighted by Gasteiger charge is -2.37. The number of fused-ring (bicyclic) bond motifs is 2. The number of benzene rings is 3. The summed E-state index contributed by atoms with van der Waals surface area (Å²) >= 11 is 0. The quantitative estimate of drug-likeness (QED) is 0.286. The molecule has 0 saturated carbocycles. The summed E-state index contributed by atoms with van der Waals surface area (Å²) in [6, 6.07) is 18.4. The molecule has 0 fully saturated rings. The highest BCUT2D eigenvalue weighted by molar-refractivity contribution is 6.18. The first-order chi connectivity index (χ1) is 20.3. The van der Waals surface area contributed by atoms with Crippen LogP contribution < -0.4 is 21.4 Å². The summed E-state index contributed by atoms with van der Waals surface area (Å²) in [4.78, 5) is 35.5. The number of aryl methyl sites for hydroxylation is 2. The Labute approximate surface area is 245 Å². The van der Waals surface area contributed by atoms with Gasteiger partial charge in [-0.2, -0.15) is 5.10 Å². The van der Waals surface area contributed by atoms with E-state index >= 15 is 0 Å². The van der Waals surface area contributed by atoms with Crippen molar-refractivity contribution in [1.29, 1.82) is 0 Å². The molecule has 1 aliphatic heterocycles. The summed E-state index contributed by atoms with van der Waals surface area (Å²) in [6.07, 6.45) is 5.34. The Balaban J connectivity index is 1.72. The first-order valence-electron chi connectivity index (χ1n) is 14.4.